The summed E-state index contributed by atoms with van der Waals surface area (Å²) >= 11 is 1.99. The zero-order valence-corrected chi connectivity index (χ0v) is 10.6. The number of carboxylic acid groups (broad SMARTS) is 1. The van der Waals surface area contributed by atoms with E-state index in [0.29, 0.717) is 11.6 Å². The zero-order valence-electron chi connectivity index (χ0n) is 9.77. The van der Waals surface area contributed by atoms with Gasteiger partial charge in [0.05, 0.1) is 11.3 Å². The van der Waals surface area contributed by atoms with Gasteiger partial charge in [0, 0.05) is 6.54 Å². The maximum atomic E-state index is 10.8. The summed E-state index contributed by atoms with van der Waals surface area (Å²) in [4.78, 5) is 15.1. The molecular formula is C12H16N2O2S. The number of thioether (sulfide) groups is 1. The molecule has 1 aliphatic rings. The molecule has 0 spiro atoms. The summed E-state index contributed by atoms with van der Waals surface area (Å²) in [6.45, 7) is 2.64. The van der Waals surface area contributed by atoms with Crippen LogP contribution in [0.5, 0.6) is 0 Å². The molecule has 0 amide bonds. The van der Waals surface area contributed by atoms with Crippen molar-refractivity contribution in [1.29, 1.82) is 0 Å². The molecule has 17 heavy (non-hydrogen) atoms. The Labute approximate surface area is 105 Å². The number of aromatic carboxylic acids is 1. The van der Waals surface area contributed by atoms with Crippen LogP contribution in [0.1, 0.15) is 22.5 Å². The van der Waals surface area contributed by atoms with E-state index in [1.54, 1.807) is 19.1 Å². The highest BCUT2D eigenvalue weighted by Crippen LogP contribution is 2.23. The van der Waals surface area contributed by atoms with Crippen LogP contribution in [0.4, 0.5) is 5.82 Å². The maximum Gasteiger partial charge on any atom is 0.337 e. The molecular weight excluding hydrogens is 236 g/mol. The molecule has 2 heterocycles. The Hall–Kier alpha value is -1.23. The summed E-state index contributed by atoms with van der Waals surface area (Å²) in [6, 6.07) is 3.34. The number of hydrogen-bond donors (Lipinski definition) is 2. The number of carbonyl (C=O) groups is 1. The molecule has 0 radical (unpaired) electrons. The lowest BCUT2D eigenvalue weighted by atomic mass is 10.1. The third kappa shape index (κ3) is 3.12. The summed E-state index contributed by atoms with van der Waals surface area (Å²) in [6.07, 6.45) is 1.25. The van der Waals surface area contributed by atoms with Crippen molar-refractivity contribution < 1.29 is 9.90 Å². The second-order valence-corrected chi connectivity index (χ2v) is 5.39. The van der Waals surface area contributed by atoms with Gasteiger partial charge in [-0.05, 0) is 42.9 Å². The quantitative estimate of drug-likeness (QED) is 0.860. The van der Waals surface area contributed by atoms with Gasteiger partial charge in [0.1, 0.15) is 5.82 Å². The van der Waals surface area contributed by atoms with Crippen molar-refractivity contribution in [2.24, 2.45) is 5.92 Å². The van der Waals surface area contributed by atoms with E-state index in [0.717, 1.165) is 12.4 Å². The van der Waals surface area contributed by atoms with Gasteiger partial charge in [-0.1, -0.05) is 0 Å². The minimum Gasteiger partial charge on any atom is -0.478 e. The Morgan fingerprint density at radius 2 is 2.47 bits per heavy atom. The first-order chi connectivity index (χ1) is 8.16. The second-order valence-electron chi connectivity index (χ2n) is 4.25. The molecule has 92 valence electrons. The van der Waals surface area contributed by atoms with Crippen LogP contribution in [0.15, 0.2) is 12.1 Å². The molecule has 1 fully saturated rings. The molecule has 0 saturated carbocycles. The minimum atomic E-state index is -0.922. The molecule has 0 aliphatic carbocycles. The van der Waals surface area contributed by atoms with E-state index in [4.69, 9.17) is 5.11 Å². The number of pyridine rings is 1. The van der Waals surface area contributed by atoms with Crippen LogP contribution < -0.4 is 5.32 Å². The smallest absolute Gasteiger partial charge is 0.337 e. The summed E-state index contributed by atoms with van der Waals surface area (Å²) in [5, 5.41) is 12.2. The molecule has 2 rings (SSSR count). The predicted octanol–water partition coefficient (Wildman–Crippen LogP) is 2.25. The van der Waals surface area contributed by atoms with Crippen molar-refractivity contribution in [3.63, 3.8) is 0 Å². The van der Waals surface area contributed by atoms with Crippen molar-refractivity contribution >= 4 is 23.5 Å². The van der Waals surface area contributed by atoms with Gasteiger partial charge in [0.25, 0.3) is 0 Å². The van der Waals surface area contributed by atoms with Crippen molar-refractivity contribution in [3.8, 4) is 0 Å². The summed E-state index contributed by atoms with van der Waals surface area (Å²) in [5.74, 6) is 3.01. The number of carboxylic acids is 1. The molecule has 1 aromatic heterocycles. The summed E-state index contributed by atoms with van der Waals surface area (Å²) in [7, 11) is 0. The normalized spacial score (nSPS) is 19.2. The van der Waals surface area contributed by atoms with E-state index in [1.165, 1.54) is 17.9 Å². The molecule has 0 bridgehead atoms. The van der Waals surface area contributed by atoms with Crippen LogP contribution in [0.3, 0.4) is 0 Å². The molecule has 2 N–H and O–H groups in total. The summed E-state index contributed by atoms with van der Waals surface area (Å²) in [5.41, 5.74) is 0.829. The molecule has 1 atom stereocenters. The average molecular weight is 252 g/mol. The molecule has 1 aromatic rings. The largest absolute Gasteiger partial charge is 0.478 e. The van der Waals surface area contributed by atoms with Crippen molar-refractivity contribution in [1.82, 2.24) is 4.98 Å². The second kappa shape index (κ2) is 5.40. The van der Waals surface area contributed by atoms with E-state index >= 15 is 0 Å². The number of rotatable bonds is 4. The van der Waals surface area contributed by atoms with E-state index < -0.39 is 5.97 Å². The molecule has 5 heteroatoms. The molecule has 0 aromatic carbocycles. The maximum absolute atomic E-state index is 10.8. The van der Waals surface area contributed by atoms with Crippen LogP contribution in [-0.2, 0) is 0 Å². The topological polar surface area (TPSA) is 62.2 Å². The highest BCUT2D eigenvalue weighted by Gasteiger charge is 2.15. The molecule has 1 aliphatic heterocycles. The Morgan fingerprint density at radius 1 is 1.65 bits per heavy atom. The predicted molar refractivity (Wildman–Crippen MR) is 69.9 cm³/mol. The van der Waals surface area contributed by atoms with Gasteiger partial charge in [-0.2, -0.15) is 11.8 Å². The van der Waals surface area contributed by atoms with Gasteiger partial charge >= 0.3 is 5.97 Å². The van der Waals surface area contributed by atoms with Gasteiger partial charge in [-0.25, -0.2) is 9.78 Å². The monoisotopic (exact) mass is 252 g/mol. The van der Waals surface area contributed by atoms with Crippen LogP contribution in [-0.4, -0.2) is 34.1 Å². The Bertz CT molecular complexity index is 417. The number of hydrogen-bond acceptors (Lipinski definition) is 4. The fraction of sp³-hybridized carbons (Fsp3) is 0.500. The highest BCUT2D eigenvalue weighted by molar-refractivity contribution is 7.99. The SMILES string of the molecule is Cc1nc(NCC2CCSC2)ccc1C(=O)O. The Morgan fingerprint density at radius 3 is 3.06 bits per heavy atom. The fourth-order valence-electron chi connectivity index (χ4n) is 1.88. The lowest BCUT2D eigenvalue weighted by Crippen LogP contribution is -2.15. The van der Waals surface area contributed by atoms with Crippen LogP contribution in [0.2, 0.25) is 0 Å². The highest BCUT2D eigenvalue weighted by atomic mass is 32.2. The third-order valence-corrected chi connectivity index (χ3v) is 4.14. The standard InChI is InChI=1S/C12H16N2O2S/c1-8-10(12(15)16)2-3-11(14-8)13-6-9-4-5-17-7-9/h2-3,9H,4-7H2,1H3,(H,13,14)(H,15,16). The lowest BCUT2D eigenvalue weighted by molar-refractivity contribution is 0.0695. The number of anilines is 1. The van der Waals surface area contributed by atoms with Crippen LogP contribution in [0, 0.1) is 12.8 Å². The van der Waals surface area contributed by atoms with Gasteiger partial charge in [-0.15, -0.1) is 0 Å². The number of aryl methyl sites for hydroxylation is 1. The first kappa shape index (κ1) is 12.2. The van der Waals surface area contributed by atoms with Crippen molar-refractivity contribution in [2.45, 2.75) is 13.3 Å². The van der Waals surface area contributed by atoms with Crippen molar-refractivity contribution in [3.05, 3.63) is 23.4 Å². The van der Waals surface area contributed by atoms with E-state index in [-0.39, 0.29) is 5.56 Å². The third-order valence-electron chi connectivity index (χ3n) is 2.91. The first-order valence-corrected chi connectivity index (χ1v) is 6.85. The van der Waals surface area contributed by atoms with E-state index in [2.05, 4.69) is 10.3 Å². The molecule has 1 unspecified atom stereocenters. The Balaban J connectivity index is 1.97. The average Bonchev–Trinajstić information content (AvgIpc) is 2.78. The van der Waals surface area contributed by atoms with Gasteiger partial charge in [-0.3, -0.25) is 0 Å². The Kier molecular flexibility index (Phi) is 3.89. The minimum absolute atomic E-state index is 0.270. The number of nitrogens with zero attached hydrogens (tertiary/aromatic N) is 1. The van der Waals surface area contributed by atoms with Gasteiger partial charge in [0.2, 0.25) is 0 Å². The van der Waals surface area contributed by atoms with Crippen molar-refractivity contribution in [2.75, 3.05) is 23.4 Å². The lowest BCUT2D eigenvalue weighted by Gasteiger charge is -2.11. The van der Waals surface area contributed by atoms with Crippen LogP contribution in [0.25, 0.3) is 0 Å². The molecule has 1 saturated heterocycles. The van der Waals surface area contributed by atoms with Gasteiger partial charge < -0.3 is 10.4 Å². The number of nitrogens with one attached hydrogen (secondary N) is 1. The first-order valence-electron chi connectivity index (χ1n) is 5.69. The molecule has 4 nitrogen and oxygen atoms in total. The number of aromatic nitrogens is 1. The van der Waals surface area contributed by atoms with E-state index in [9.17, 15) is 4.79 Å². The zero-order chi connectivity index (χ0) is 12.3. The fourth-order valence-corrected chi connectivity index (χ4v) is 3.16. The van der Waals surface area contributed by atoms with Gasteiger partial charge in [0.15, 0.2) is 0 Å². The van der Waals surface area contributed by atoms with E-state index in [1.807, 2.05) is 11.8 Å². The van der Waals surface area contributed by atoms with Crippen LogP contribution >= 0.6 is 11.8 Å². The summed E-state index contributed by atoms with van der Waals surface area (Å²) < 4.78 is 0.